The molecule has 1 heterocycles. The van der Waals surface area contributed by atoms with Crippen molar-refractivity contribution >= 4 is 10.8 Å². The molecule has 0 saturated heterocycles. The summed E-state index contributed by atoms with van der Waals surface area (Å²) in [6, 6.07) is 0. The van der Waals surface area contributed by atoms with Crippen molar-refractivity contribution < 1.29 is 4.21 Å². The molecule has 0 spiro atoms. The van der Waals surface area contributed by atoms with Gasteiger partial charge in [-0.15, -0.1) is 0 Å². The highest BCUT2D eigenvalue weighted by atomic mass is 32.2. The Bertz CT molecular complexity index is 273. The Morgan fingerprint density at radius 3 is 2.92 bits per heavy atom. The van der Waals surface area contributed by atoms with Crippen LogP contribution in [-0.2, 0) is 17.8 Å². The minimum absolute atomic E-state index is 0.406. The molecule has 6 nitrogen and oxygen atoms in total. The SMILES string of the molecule is Cn1nnnc1S(=O)CCCN. The zero-order chi connectivity index (χ0) is 8.97. The lowest BCUT2D eigenvalue weighted by Crippen LogP contribution is -2.09. The van der Waals surface area contributed by atoms with Gasteiger partial charge in [0.05, 0.1) is 10.8 Å². The van der Waals surface area contributed by atoms with E-state index in [4.69, 9.17) is 5.73 Å². The lowest BCUT2D eigenvalue weighted by Gasteiger charge is -1.96. The minimum Gasteiger partial charge on any atom is -0.330 e. The van der Waals surface area contributed by atoms with Crippen molar-refractivity contribution in [2.75, 3.05) is 12.3 Å². The van der Waals surface area contributed by atoms with Crippen molar-refractivity contribution in [1.82, 2.24) is 20.2 Å². The second-order valence-electron chi connectivity index (χ2n) is 2.28. The molecule has 0 bridgehead atoms. The first kappa shape index (κ1) is 9.27. The smallest absolute Gasteiger partial charge is 0.239 e. The van der Waals surface area contributed by atoms with Gasteiger partial charge in [0.1, 0.15) is 0 Å². The molecule has 1 rings (SSSR count). The first-order chi connectivity index (χ1) is 5.75. The van der Waals surface area contributed by atoms with E-state index < -0.39 is 10.8 Å². The molecule has 1 aromatic heterocycles. The average Bonchev–Trinajstić information content (AvgIpc) is 2.47. The summed E-state index contributed by atoms with van der Waals surface area (Å²) in [6.07, 6.45) is 0.722. The predicted octanol–water partition coefficient (Wildman–Crippen LogP) is -1.33. The van der Waals surface area contributed by atoms with Gasteiger partial charge in [0.25, 0.3) is 0 Å². The molecule has 0 aromatic carbocycles. The van der Waals surface area contributed by atoms with Crippen LogP contribution in [0.2, 0.25) is 0 Å². The molecule has 0 aliphatic rings. The fourth-order valence-corrected chi connectivity index (χ4v) is 1.79. The van der Waals surface area contributed by atoms with Gasteiger partial charge in [-0.1, -0.05) is 5.10 Å². The summed E-state index contributed by atoms with van der Waals surface area (Å²) in [5.74, 6) is 0.519. The van der Waals surface area contributed by atoms with Gasteiger partial charge in [-0.05, 0) is 23.4 Å². The molecule has 2 N–H and O–H groups in total. The normalized spacial score (nSPS) is 13.2. The summed E-state index contributed by atoms with van der Waals surface area (Å²) >= 11 is 0. The molecule has 12 heavy (non-hydrogen) atoms. The van der Waals surface area contributed by atoms with E-state index in [0.717, 1.165) is 6.42 Å². The van der Waals surface area contributed by atoms with E-state index in [2.05, 4.69) is 15.5 Å². The second kappa shape index (κ2) is 4.27. The minimum atomic E-state index is -1.12. The summed E-state index contributed by atoms with van der Waals surface area (Å²) in [5.41, 5.74) is 5.28. The van der Waals surface area contributed by atoms with Crippen LogP contribution in [0.4, 0.5) is 0 Å². The maximum Gasteiger partial charge on any atom is 0.239 e. The predicted molar refractivity (Wildman–Crippen MR) is 43.7 cm³/mol. The number of rotatable bonds is 4. The number of nitrogens with two attached hydrogens (primary N) is 1. The highest BCUT2D eigenvalue weighted by Gasteiger charge is 2.09. The van der Waals surface area contributed by atoms with E-state index in [0.29, 0.717) is 17.5 Å². The fraction of sp³-hybridized carbons (Fsp3) is 0.800. The molecule has 1 unspecified atom stereocenters. The monoisotopic (exact) mass is 189 g/mol. The summed E-state index contributed by atoms with van der Waals surface area (Å²) < 4.78 is 12.8. The van der Waals surface area contributed by atoms with Gasteiger partial charge >= 0.3 is 0 Å². The lowest BCUT2D eigenvalue weighted by molar-refractivity contribution is 0.634. The van der Waals surface area contributed by atoms with Crippen LogP contribution in [0.3, 0.4) is 0 Å². The second-order valence-corrected chi connectivity index (χ2v) is 3.74. The molecule has 0 fully saturated rings. The van der Waals surface area contributed by atoms with Crippen molar-refractivity contribution in [3.05, 3.63) is 0 Å². The van der Waals surface area contributed by atoms with Crippen LogP contribution in [0.5, 0.6) is 0 Å². The van der Waals surface area contributed by atoms with Crippen molar-refractivity contribution in [2.24, 2.45) is 12.8 Å². The molecule has 0 radical (unpaired) electrons. The quantitative estimate of drug-likeness (QED) is 0.634. The van der Waals surface area contributed by atoms with Gasteiger partial charge in [-0.2, -0.15) is 0 Å². The summed E-state index contributed by atoms with van der Waals surface area (Å²) in [6.45, 7) is 0.539. The van der Waals surface area contributed by atoms with Crippen LogP contribution in [-0.4, -0.2) is 36.7 Å². The van der Waals surface area contributed by atoms with Crippen molar-refractivity contribution in [3.63, 3.8) is 0 Å². The highest BCUT2D eigenvalue weighted by molar-refractivity contribution is 7.84. The fourth-order valence-electron chi connectivity index (χ4n) is 0.720. The molecule has 1 atom stereocenters. The lowest BCUT2D eigenvalue weighted by atomic mass is 10.5. The standard InChI is InChI=1S/C5H11N5OS/c1-10-5(7-8-9-10)12(11)4-2-3-6/h2-4,6H2,1H3. The third-order valence-corrected chi connectivity index (χ3v) is 2.73. The van der Waals surface area contributed by atoms with Crippen LogP contribution in [0.1, 0.15) is 6.42 Å². The third-order valence-electron chi connectivity index (χ3n) is 1.32. The molecule has 0 aliphatic heterocycles. The van der Waals surface area contributed by atoms with E-state index >= 15 is 0 Å². The van der Waals surface area contributed by atoms with Crippen LogP contribution in [0, 0.1) is 0 Å². The highest BCUT2D eigenvalue weighted by Crippen LogP contribution is 1.98. The molecule has 0 aliphatic carbocycles. The Labute approximate surface area is 72.6 Å². The molecule has 68 valence electrons. The van der Waals surface area contributed by atoms with E-state index in [1.165, 1.54) is 4.68 Å². The van der Waals surface area contributed by atoms with Gasteiger partial charge in [-0.3, -0.25) is 4.21 Å². The third kappa shape index (κ3) is 2.08. The number of hydrogen-bond donors (Lipinski definition) is 1. The Kier molecular flexibility index (Phi) is 3.30. The van der Waals surface area contributed by atoms with E-state index in [9.17, 15) is 4.21 Å². The Morgan fingerprint density at radius 1 is 1.67 bits per heavy atom. The van der Waals surface area contributed by atoms with Crippen molar-refractivity contribution in [1.29, 1.82) is 0 Å². The van der Waals surface area contributed by atoms with Crippen LogP contribution in [0.15, 0.2) is 5.16 Å². The Hall–Kier alpha value is -0.820. The number of hydrogen-bond acceptors (Lipinski definition) is 5. The van der Waals surface area contributed by atoms with Gasteiger partial charge in [-0.25, -0.2) is 4.68 Å². The Balaban J connectivity index is 2.59. The largest absolute Gasteiger partial charge is 0.330 e. The maximum atomic E-state index is 11.4. The Morgan fingerprint density at radius 2 is 2.42 bits per heavy atom. The topological polar surface area (TPSA) is 86.7 Å². The molecule has 1 aromatic rings. The van der Waals surface area contributed by atoms with E-state index in [1.807, 2.05) is 0 Å². The number of nitrogens with zero attached hydrogens (tertiary/aromatic N) is 4. The first-order valence-corrected chi connectivity index (χ1v) is 4.88. The van der Waals surface area contributed by atoms with Gasteiger partial charge in [0, 0.05) is 12.8 Å². The summed E-state index contributed by atoms with van der Waals surface area (Å²) in [4.78, 5) is 0. The molecule has 7 heteroatoms. The zero-order valence-electron chi connectivity index (χ0n) is 6.80. The van der Waals surface area contributed by atoms with Gasteiger partial charge in [0.15, 0.2) is 0 Å². The van der Waals surface area contributed by atoms with Crippen LogP contribution in [0.25, 0.3) is 0 Å². The van der Waals surface area contributed by atoms with E-state index in [1.54, 1.807) is 7.05 Å². The van der Waals surface area contributed by atoms with E-state index in [-0.39, 0.29) is 0 Å². The summed E-state index contributed by atoms with van der Waals surface area (Å²) in [7, 11) is 0.545. The van der Waals surface area contributed by atoms with Crippen molar-refractivity contribution in [2.45, 2.75) is 11.6 Å². The van der Waals surface area contributed by atoms with Crippen LogP contribution < -0.4 is 5.73 Å². The molecule has 0 saturated carbocycles. The van der Waals surface area contributed by atoms with Crippen LogP contribution >= 0.6 is 0 Å². The average molecular weight is 189 g/mol. The maximum absolute atomic E-state index is 11.4. The number of tetrazole rings is 1. The molecular weight excluding hydrogens is 178 g/mol. The van der Waals surface area contributed by atoms with Gasteiger partial charge in [0.2, 0.25) is 5.16 Å². The first-order valence-electron chi connectivity index (χ1n) is 3.56. The van der Waals surface area contributed by atoms with Crippen molar-refractivity contribution in [3.8, 4) is 0 Å². The molecular formula is C5H11N5OS. The zero-order valence-corrected chi connectivity index (χ0v) is 7.62. The summed E-state index contributed by atoms with van der Waals surface area (Å²) in [5, 5.41) is 11.0. The number of aryl methyl sites for hydroxylation is 1. The molecule has 0 amide bonds. The van der Waals surface area contributed by atoms with Gasteiger partial charge < -0.3 is 5.73 Å². The number of aromatic nitrogens is 4.